The second kappa shape index (κ2) is 8.85. The first-order chi connectivity index (χ1) is 12.7. The molecule has 0 radical (unpaired) electrons. The van der Waals surface area contributed by atoms with Gasteiger partial charge in [-0.2, -0.15) is 13.2 Å². The van der Waals surface area contributed by atoms with Crippen molar-refractivity contribution in [3.8, 4) is 11.1 Å². The number of hydrogen-bond acceptors (Lipinski definition) is 2. The highest BCUT2D eigenvalue weighted by Gasteiger charge is 2.32. The van der Waals surface area contributed by atoms with E-state index in [1.54, 1.807) is 0 Å². The first-order valence-corrected chi connectivity index (χ1v) is 9.38. The Morgan fingerprint density at radius 2 is 1.29 bits per heavy atom. The van der Waals surface area contributed by atoms with Crippen molar-refractivity contribution in [1.29, 1.82) is 0 Å². The fourth-order valence-electron chi connectivity index (χ4n) is 3.91. The molecule has 0 bridgehead atoms. The molecule has 2 aromatic carbocycles. The molecule has 154 valence electrons. The van der Waals surface area contributed by atoms with Gasteiger partial charge in [0.25, 0.3) is 0 Å². The highest BCUT2D eigenvalue weighted by Crippen LogP contribution is 2.39. The zero-order valence-corrected chi connectivity index (χ0v) is 17.3. The lowest BCUT2D eigenvalue weighted by molar-refractivity contribution is -0.137. The third kappa shape index (κ3) is 5.28. The standard InChI is InChI=1S/C22H27F3N2.ClH/c1-21(2,3)20(27-14-12-26-13-15-27)18-6-4-16(5-7-18)17-8-10-19(11-9-17)22(23,24)25;/h4-11,20,26H,12-15H2,1-3H3;1H/t20-;/m1./s1. The predicted molar refractivity (Wildman–Crippen MR) is 111 cm³/mol. The average Bonchev–Trinajstić information content (AvgIpc) is 2.62. The third-order valence-corrected chi connectivity index (χ3v) is 5.11. The highest BCUT2D eigenvalue weighted by molar-refractivity contribution is 5.85. The minimum Gasteiger partial charge on any atom is -0.314 e. The normalized spacial score (nSPS) is 17.1. The molecule has 1 atom stereocenters. The van der Waals surface area contributed by atoms with Crippen molar-refractivity contribution < 1.29 is 13.2 Å². The summed E-state index contributed by atoms with van der Waals surface area (Å²) in [6.07, 6.45) is -4.30. The second-order valence-corrected chi connectivity index (χ2v) is 8.25. The van der Waals surface area contributed by atoms with Crippen LogP contribution in [0.1, 0.15) is 37.9 Å². The van der Waals surface area contributed by atoms with Crippen LogP contribution in [0.2, 0.25) is 0 Å². The molecular weight excluding hydrogens is 385 g/mol. The molecule has 2 aromatic rings. The molecular formula is C22H28ClF3N2. The van der Waals surface area contributed by atoms with E-state index in [9.17, 15) is 13.2 Å². The molecule has 1 heterocycles. The van der Waals surface area contributed by atoms with Crippen LogP contribution >= 0.6 is 12.4 Å². The van der Waals surface area contributed by atoms with Gasteiger partial charge in [-0.15, -0.1) is 12.4 Å². The van der Waals surface area contributed by atoms with Crippen molar-refractivity contribution in [3.05, 3.63) is 59.7 Å². The summed E-state index contributed by atoms with van der Waals surface area (Å²) in [7, 11) is 0. The maximum atomic E-state index is 12.7. The number of hydrogen-bond donors (Lipinski definition) is 1. The van der Waals surface area contributed by atoms with Gasteiger partial charge in [0.05, 0.1) is 5.56 Å². The molecule has 0 aliphatic carbocycles. The largest absolute Gasteiger partial charge is 0.416 e. The molecule has 1 saturated heterocycles. The molecule has 0 amide bonds. The van der Waals surface area contributed by atoms with Crippen LogP contribution in [-0.4, -0.2) is 31.1 Å². The summed E-state index contributed by atoms with van der Waals surface area (Å²) in [6, 6.07) is 13.9. The van der Waals surface area contributed by atoms with Crippen LogP contribution in [0.25, 0.3) is 11.1 Å². The van der Waals surface area contributed by atoms with E-state index in [2.05, 4.69) is 43.1 Å². The van der Waals surface area contributed by atoms with Gasteiger partial charge >= 0.3 is 6.18 Å². The maximum Gasteiger partial charge on any atom is 0.416 e. The number of benzene rings is 2. The summed E-state index contributed by atoms with van der Waals surface area (Å²) in [4.78, 5) is 2.52. The van der Waals surface area contributed by atoms with Gasteiger partial charge in [-0.25, -0.2) is 0 Å². The lowest BCUT2D eigenvalue weighted by Crippen LogP contribution is -2.48. The van der Waals surface area contributed by atoms with Crippen LogP contribution in [0.5, 0.6) is 0 Å². The van der Waals surface area contributed by atoms with Crippen LogP contribution in [0.15, 0.2) is 48.5 Å². The first-order valence-electron chi connectivity index (χ1n) is 9.38. The van der Waals surface area contributed by atoms with Crippen molar-refractivity contribution in [3.63, 3.8) is 0 Å². The van der Waals surface area contributed by atoms with Gasteiger partial charge in [-0.3, -0.25) is 4.90 Å². The van der Waals surface area contributed by atoms with E-state index in [1.165, 1.54) is 17.7 Å². The first kappa shape index (κ1) is 22.7. The number of halogens is 4. The van der Waals surface area contributed by atoms with E-state index in [1.807, 2.05) is 12.1 Å². The number of nitrogens with one attached hydrogen (secondary N) is 1. The fourth-order valence-corrected chi connectivity index (χ4v) is 3.91. The van der Waals surface area contributed by atoms with Crippen LogP contribution in [0.4, 0.5) is 13.2 Å². The third-order valence-electron chi connectivity index (χ3n) is 5.11. The number of nitrogens with zero attached hydrogens (tertiary/aromatic N) is 1. The number of rotatable bonds is 3. The molecule has 0 saturated carbocycles. The van der Waals surface area contributed by atoms with Crippen LogP contribution in [0, 0.1) is 5.41 Å². The Balaban J connectivity index is 0.00000280. The molecule has 0 spiro atoms. The van der Waals surface area contributed by atoms with Crippen molar-refractivity contribution in [1.82, 2.24) is 10.2 Å². The van der Waals surface area contributed by atoms with E-state index in [-0.39, 0.29) is 17.8 Å². The molecule has 28 heavy (non-hydrogen) atoms. The zero-order valence-electron chi connectivity index (χ0n) is 16.5. The molecule has 1 N–H and O–H groups in total. The molecule has 6 heteroatoms. The SMILES string of the molecule is CC(C)(C)[C@@H](c1ccc(-c2ccc(C(F)(F)F)cc2)cc1)N1CCNCC1.Cl. The average molecular weight is 413 g/mol. The lowest BCUT2D eigenvalue weighted by Gasteiger charge is -2.42. The van der Waals surface area contributed by atoms with Gasteiger partial charge in [0.2, 0.25) is 0 Å². The minimum absolute atomic E-state index is 0. The summed E-state index contributed by atoms with van der Waals surface area (Å²) >= 11 is 0. The monoisotopic (exact) mass is 412 g/mol. The molecule has 2 nitrogen and oxygen atoms in total. The lowest BCUT2D eigenvalue weighted by atomic mass is 9.80. The van der Waals surface area contributed by atoms with Gasteiger partial charge < -0.3 is 5.32 Å². The quantitative estimate of drug-likeness (QED) is 0.686. The topological polar surface area (TPSA) is 15.3 Å². The van der Waals surface area contributed by atoms with Gasteiger partial charge in [0.15, 0.2) is 0 Å². The van der Waals surface area contributed by atoms with Gasteiger partial charge in [-0.1, -0.05) is 57.2 Å². The summed E-state index contributed by atoms with van der Waals surface area (Å²) < 4.78 is 38.2. The second-order valence-electron chi connectivity index (χ2n) is 8.25. The summed E-state index contributed by atoms with van der Waals surface area (Å²) in [6.45, 7) is 10.8. The Hall–Kier alpha value is -1.56. The van der Waals surface area contributed by atoms with Crippen molar-refractivity contribution in [2.45, 2.75) is 33.0 Å². The molecule has 1 fully saturated rings. The summed E-state index contributed by atoms with van der Waals surface area (Å²) in [5.74, 6) is 0. The van der Waals surface area contributed by atoms with Crippen molar-refractivity contribution in [2.75, 3.05) is 26.2 Å². The maximum absolute atomic E-state index is 12.7. The van der Waals surface area contributed by atoms with Crippen LogP contribution < -0.4 is 5.32 Å². The van der Waals surface area contributed by atoms with E-state index in [4.69, 9.17) is 0 Å². The van der Waals surface area contributed by atoms with Gasteiger partial charge in [0.1, 0.15) is 0 Å². The fraction of sp³-hybridized carbons (Fsp3) is 0.455. The molecule has 3 rings (SSSR count). The predicted octanol–water partition coefficient (Wildman–Crippen LogP) is 5.79. The van der Waals surface area contributed by atoms with Crippen molar-refractivity contribution in [2.24, 2.45) is 5.41 Å². The highest BCUT2D eigenvalue weighted by atomic mass is 35.5. The van der Waals surface area contributed by atoms with Gasteiger partial charge in [-0.05, 0) is 34.2 Å². The Morgan fingerprint density at radius 1 is 0.821 bits per heavy atom. The van der Waals surface area contributed by atoms with Crippen molar-refractivity contribution >= 4 is 12.4 Å². The molecule has 0 aromatic heterocycles. The zero-order chi connectivity index (χ0) is 19.7. The Morgan fingerprint density at radius 3 is 1.71 bits per heavy atom. The van der Waals surface area contributed by atoms with Crippen LogP contribution in [0.3, 0.4) is 0 Å². The number of alkyl halides is 3. The minimum atomic E-state index is -4.30. The van der Waals surface area contributed by atoms with Gasteiger partial charge in [0, 0.05) is 32.2 Å². The molecule has 1 aliphatic heterocycles. The van der Waals surface area contributed by atoms with E-state index in [0.29, 0.717) is 6.04 Å². The Kier molecular flexibility index (Phi) is 7.18. The van der Waals surface area contributed by atoms with E-state index >= 15 is 0 Å². The summed E-state index contributed by atoms with van der Waals surface area (Å²) in [5, 5.41) is 3.40. The van der Waals surface area contributed by atoms with E-state index < -0.39 is 11.7 Å². The Labute approximate surface area is 171 Å². The number of piperazine rings is 1. The van der Waals surface area contributed by atoms with E-state index in [0.717, 1.165) is 49.4 Å². The summed E-state index contributed by atoms with van der Waals surface area (Å²) in [5.41, 5.74) is 2.45. The Bertz CT molecular complexity index is 743. The van der Waals surface area contributed by atoms with Crippen LogP contribution in [-0.2, 0) is 6.18 Å². The molecule has 0 unspecified atom stereocenters. The smallest absolute Gasteiger partial charge is 0.314 e. The molecule has 1 aliphatic rings.